The number of nitrogens with one attached hydrogen (secondary N) is 2. The Labute approximate surface area is 214 Å². The number of fused-ring (bicyclic) bond motifs is 2. The number of methoxy groups -OCH3 is 1. The summed E-state index contributed by atoms with van der Waals surface area (Å²) in [7, 11) is 1.58. The van der Waals surface area contributed by atoms with Gasteiger partial charge in [-0.1, -0.05) is 18.2 Å². The van der Waals surface area contributed by atoms with Crippen LogP contribution in [0.4, 0.5) is 11.4 Å². The Morgan fingerprint density at radius 3 is 3.00 bits per heavy atom. The third-order valence-electron chi connectivity index (χ3n) is 6.66. The van der Waals surface area contributed by atoms with Crippen LogP contribution in [0.5, 0.6) is 17.4 Å². The van der Waals surface area contributed by atoms with Crippen LogP contribution < -0.4 is 25.2 Å². The molecule has 1 fully saturated rings. The number of aromatic amines is 1. The molecule has 2 aromatic heterocycles. The Morgan fingerprint density at radius 1 is 1.16 bits per heavy atom. The highest BCUT2D eigenvalue weighted by Crippen LogP contribution is 2.43. The molecule has 37 heavy (non-hydrogen) atoms. The molecule has 9 nitrogen and oxygen atoms in total. The first-order valence-electron chi connectivity index (χ1n) is 12.2. The summed E-state index contributed by atoms with van der Waals surface area (Å²) in [5, 5.41) is 3.41. The van der Waals surface area contributed by atoms with Crippen molar-refractivity contribution in [1.82, 2.24) is 15.0 Å². The van der Waals surface area contributed by atoms with Crippen molar-refractivity contribution in [2.24, 2.45) is 0 Å². The van der Waals surface area contributed by atoms with E-state index in [1.807, 2.05) is 18.2 Å². The van der Waals surface area contributed by atoms with Crippen molar-refractivity contribution < 1.29 is 14.2 Å². The lowest BCUT2D eigenvalue weighted by molar-refractivity contribution is 0.0384. The van der Waals surface area contributed by atoms with Gasteiger partial charge in [0, 0.05) is 54.3 Å². The van der Waals surface area contributed by atoms with Gasteiger partial charge < -0.3 is 29.4 Å². The summed E-state index contributed by atoms with van der Waals surface area (Å²) < 4.78 is 17.8. The predicted octanol–water partition coefficient (Wildman–Crippen LogP) is 4.06. The van der Waals surface area contributed by atoms with E-state index in [-0.39, 0.29) is 11.7 Å². The second kappa shape index (κ2) is 9.94. The van der Waals surface area contributed by atoms with E-state index in [4.69, 9.17) is 14.2 Å². The lowest BCUT2D eigenvalue weighted by Crippen LogP contribution is -2.39. The van der Waals surface area contributed by atoms with Crippen LogP contribution in [-0.2, 0) is 17.7 Å². The molecule has 9 heteroatoms. The van der Waals surface area contributed by atoms with E-state index in [9.17, 15) is 4.79 Å². The molecular weight excluding hydrogens is 470 g/mol. The summed E-state index contributed by atoms with van der Waals surface area (Å²) in [6, 6.07) is 15.9. The Kier molecular flexibility index (Phi) is 6.20. The zero-order chi connectivity index (χ0) is 25.2. The third kappa shape index (κ3) is 4.85. The quantitative estimate of drug-likeness (QED) is 0.362. The molecule has 2 aliphatic heterocycles. The van der Waals surface area contributed by atoms with Gasteiger partial charge in [0.1, 0.15) is 17.6 Å². The molecule has 0 spiro atoms. The van der Waals surface area contributed by atoms with Crippen molar-refractivity contribution >= 4 is 11.4 Å². The molecule has 2 aromatic carbocycles. The van der Waals surface area contributed by atoms with Crippen LogP contribution in [0, 0.1) is 0 Å². The normalized spacial score (nSPS) is 16.4. The lowest BCUT2D eigenvalue weighted by atomic mass is 9.95. The molecule has 188 valence electrons. The average Bonchev–Trinajstić information content (AvgIpc) is 2.94. The molecule has 0 radical (unpaired) electrons. The number of benzene rings is 2. The summed E-state index contributed by atoms with van der Waals surface area (Å²) in [5.41, 5.74) is 5.83. The summed E-state index contributed by atoms with van der Waals surface area (Å²) in [5.74, 6) is 2.20. The molecule has 0 amide bonds. The molecule has 1 unspecified atom stereocenters. The van der Waals surface area contributed by atoms with Gasteiger partial charge in [-0.2, -0.15) is 0 Å². The molecule has 0 saturated carbocycles. The fourth-order valence-corrected chi connectivity index (χ4v) is 4.83. The minimum absolute atomic E-state index is 0.108. The minimum Gasteiger partial charge on any atom is -0.480 e. The van der Waals surface area contributed by atoms with E-state index in [2.05, 4.69) is 49.4 Å². The lowest BCUT2D eigenvalue weighted by Gasteiger charge is -2.36. The van der Waals surface area contributed by atoms with E-state index in [0.717, 1.165) is 58.2 Å². The summed E-state index contributed by atoms with van der Waals surface area (Å²) in [6.45, 7) is 2.49. The molecule has 2 aliphatic rings. The zero-order valence-electron chi connectivity index (χ0n) is 20.4. The largest absolute Gasteiger partial charge is 0.480 e. The Morgan fingerprint density at radius 2 is 2.11 bits per heavy atom. The van der Waals surface area contributed by atoms with Gasteiger partial charge in [0.15, 0.2) is 0 Å². The van der Waals surface area contributed by atoms with Crippen LogP contribution in [0.1, 0.15) is 28.5 Å². The fourth-order valence-electron chi connectivity index (χ4n) is 4.83. The van der Waals surface area contributed by atoms with Crippen molar-refractivity contribution in [1.29, 1.82) is 0 Å². The highest BCUT2D eigenvalue weighted by Gasteiger charge is 2.28. The zero-order valence-corrected chi connectivity index (χ0v) is 20.4. The minimum atomic E-state index is -0.158. The molecule has 4 heterocycles. The summed E-state index contributed by atoms with van der Waals surface area (Å²) in [6.07, 6.45) is 5.59. The standard InChI is InChI=1S/C28H27N5O4/c1-35-27-16-29-14-21(32-27)15-31-20-5-6-24-19(12-20)11-18-3-2-4-23(28(18)37-24)25-17-33(9-10-36-25)22-7-8-30-26(34)13-22/h2-8,12-14,16,25,31H,9-11,15,17H2,1H3,(H,30,34). The monoisotopic (exact) mass is 497 g/mol. The van der Waals surface area contributed by atoms with Crippen LogP contribution in [0.2, 0.25) is 0 Å². The SMILES string of the molecule is COc1cncc(CNc2ccc3c(c2)Cc2cccc(C4CN(c5cc[nH]c(=O)c5)CCO4)c2O3)n1. The van der Waals surface area contributed by atoms with Gasteiger partial charge in [-0.25, -0.2) is 4.98 Å². The van der Waals surface area contributed by atoms with Gasteiger partial charge in [0.2, 0.25) is 11.4 Å². The smallest absolute Gasteiger partial charge is 0.249 e. The van der Waals surface area contributed by atoms with Crippen molar-refractivity contribution in [2.45, 2.75) is 19.1 Å². The number of anilines is 2. The highest BCUT2D eigenvalue weighted by molar-refractivity contribution is 5.59. The van der Waals surface area contributed by atoms with Crippen LogP contribution in [0.15, 0.2) is 71.9 Å². The Hall–Kier alpha value is -4.37. The highest BCUT2D eigenvalue weighted by atomic mass is 16.5. The van der Waals surface area contributed by atoms with E-state index in [1.54, 1.807) is 31.8 Å². The maximum absolute atomic E-state index is 11.8. The predicted molar refractivity (Wildman–Crippen MR) is 140 cm³/mol. The Bertz CT molecular complexity index is 1490. The number of pyridine rings is 1. The molecule has 6 rings (SSSR count). The molecule has 1 saturated heterocycles. The summed E-state index contributed by atoms with van der Waals surface area (Å²) in [4.78, 5) is 25.2. The van der Waals surface area contributed by atoms with E-state index in [1.165, 1.54) is 0 Å². The molecule has 4 aromatic rings. The van der Waals surface area contributed by atoms with E-state index in [0.29, 0.717) is 25.6 Å². The second-order valence-electron chi connectivity index (χ2n) is 9.06. The number of hydrogen-bond acceptors (Lipinski definition) is 8. The molecule has 1 atom stereocenters. The van der Waals surface area contributed by atoms with E-state index < -0.39 is 0 Å². The van der Waals surface area contributed by atoms with Gasteiger partial charge in [-0.15, -0.1) is 0 Å². The fraction of sp³-hybridized carbons (Fsp3) is 0.250. The van der Waals surface area contributed by atoms with Crippen LogP contribution in [0.3, 0.4) is 0 Å². The van der Waals surface area contributed by atoms with Crippen LogP contribution in [-0.4, -0.2) is 41.8 Å². The molecule has 0 bridgehead atoms. The maximum atomic E-state index is 11.8. The van der Waals surface area contributed by atoms with Crippen molar-refractivity contribution in [2.75, 3.05) is 37.0 Å². The number of aromatic nitrogens is 3. The number of morpholine rings is 1. The number of nitrogens with zero attached hydrogens (tertiary/aromatic N) is 3. The average molecular weight is 498 g/mol. The van der Waals surface area contributed by atoms with Gasteiger partial charge in [-0.3, -0.25) is 9.78 Å². The number of ether oxygens (including phenoxy) is 3. The molecule has 0 aliphatic carbocycles. The first kappa shape index (κ1) is 23.1. The van der Waals surface area contributed by atoms with Gasteiger partial charge >= 0.3 is 0 Å². The molecular formula is C28H27N5O4. The third-order valence-corrected chi connectivity index (χ3v) is 6.66. The van der Waals surface area contributed by atoms with Crippen molar-refractivity contribution in [3.8, 4) is 17.4 Å². The van der Waals surface area contributed by atoms with Gasteiger partial charge in [-0.05, 0) is 29.8 Å². The van der Waals surface area contributed by atoms with Crippen LogP contribution >= 0.6 is 0 Å². The van der Waals surface area contributed by atoms with E-state index >= 15 is 0 Å². The first-order valence-corrected chi connectivity index (χ1v) is 12.2. The number of H-pyrrole nitrogens is 1. The number of rotatable bonds is 6. The topological polar surface area (TPSA) is 102 Å². The van der Waals surface area contributed by atoms with Crippen LogP contribution in [0.25, 0.3) is 0 Å². The second-order valence-corrected chi connectivity index (χ2v) is 9.06. The maximum Gasteiger partial charge on any atom is 0.249 e. The Balaban J connectivity index is 1.19. The first-order chi connectivity index (χ1) is 18.2. The number of para-hydroxylation sites is 1. The van der Waals surface area contributed by atoms with Crippen molar-refractivity contribution in [3.05, 3.63) is 99.9 Å². The molecule has 2 N–H and O–H groups in total. The summed E-state index contributed by atoms with van der Waals surface area (Å²) >= 11 is 0. The number of hydrogen-bond donors (Lipinski definition) is 2. The van der Waals surface area contributed by atoms with Gasteiger partial charge in [0.05, 0.1) is 38.3 Å². The van der Waals surface area contributed by atoms with Crippen molar-refractivity contribution in [3.63, 3.8) is 0 Å². The van der Waals surface area contributed by atoms with Gasteiger partial charge in [0.25, 0.3) is 0 Å².